The van der Waals surface area contributed by atoms with Crippen molar-refractivity contribution in [2.24, 2.45) is 0 Å². The molecule has 0 aliphatic carbocycles. The lowest BCUT2D eigenvalue weighted by molar-refractivity contribution is 0.440. The highest BCUT2D eigenvalue weighted by Gasteiger charge is 2.33. The number of fused-ring (bicyclic) bond motifs is 3. The molecule has 2 unspecified atom stereocenters. The number of benzene rings is 1. The summed E-state index contributed by atoms with van der Waals surface area (Å²) in [7, 11) is 0. The smallest absolute Gasteiger partial charge is 0.0379 e. The molecule has 0 amide bonds. The number of hydrogen-bond donors (Lipinski definition) is 2. The molecule has 0 radical (unpaired) electrons. The van der Waals surface area contributed by atoms with Gasteiger partial charge in [-0.1, -0.05) is 19.1 Å². The summed E-state index contributed by atoms with van der Waals surface area (Å²) in [6.45, 7) is 4.52. The Balaban J connectivity index is 1.98. The van der Waals surface area contributed by atoms with E-state index in [0.29, 0.717) is 12.0 Å². The van der Waals surface area contributed by atoms with Gasteiger partial charge in [-0.05, 0) is 36.6 Å². The van der Waals surface area contributed by atoms with Crippen molar-refractivity contribution in [2.75, 3.05) is 18.4 Å². The van der Waals surface area contributed by atoms with Crippen LogP contribution in [0.15, 0.2) is 18.2 Å². The van der Waals surface area contributed by atoms with Gasteiger partial charge in [0.15, 0.2) is 0 Å². The highest BCUT2D eigenvalue weighted by molar-refractivity contribution is 5.61. The molecule has 1 aromatic rings. The lowest BCUT2D eigenvalue weighted by Crippen LogP contribution is -2.38. The molecule has 80 valence electrons. The standard InChI is InChI=1S/C13H18N2/c1-2-9-3-4-12-10(7-9)11-8-14-6-5-13(11)15-12/h3-4,7,11,13-15H,2,5-6,8H2,1H3. The number of anilines is 1. The molecule has 3 rings (SSSR count). The molecule has 15 heavy (non-hydrogen) atoms. The average Bonchev–Trinajstić information content (AvgIpc) is 2.66. The second-order valence-electron chi connectivity index (χ2n) is 4.63. The maximum absolute atomic E-state index is 3.65. The van der Waals surface area contributed by atoms with Crippen molar-refractivity contribution in [3.05, 3.63) is 29.3 Å². The van der Waals surface area contributed by atoms with Crippen molar-refractivity contribution >= 4 is 5.69 Å². The summed E-state index contributed by atoms with van der Waals surface area (Å²) >= 11 is 0. The highest BCUT2D eigenvalue weighted by Crippen LogP contribution is 2.38. The zero-order valence-corrected chi connectivity index (χ0v) is 9.22. The van der Waals surface area contributed by atoms with Crippen LogP contribution in [0.1, 0.15) is 30.4 Å². The molecule has 2 heterocycles. The Morgan fingerprint density at radius 2 is 2.33 bits per heavy atom. The number of nitrogens with one attached hydrogen (secondary N) is 2. The zero-order chi connectivity index (χ0) is 10.3. The summed E-state index contributed by atoms with van der Waals surface area (Å²) in [6.07, 6.45) is 2.39. The Bertz CT molecular complexity index is 373. The quantitative estimate of drug-likeness (QED) is 0.729. The minimum atomic E-state index is 0.674. The third kappa shape index (κ3) is 1.44. The van der Waals surface area contributed by atoms with Crippen LogP contribution in [0.4, 0.5) is 5.69 Å². The lowest BCUT2D eigenvalue weighted by atomic mass is 9.89. The Kier molecular flexibility index (Phi) is 2.17. The first-order valence-corrected chi connectivity index (χ1v) is 5.98. The molecule has 1 saturated heterocycles. The summed E-state index contributed by atoms with van der Waals surface area (Å²) in [4.78, 5) is 0. The third-order valence-electron chi connectivity index (χ3n) is 3.75. The maximum Gasteiger partial charge on any atom is 0.0379 e. The predicted octanol–water partition coefficient (Wildman–Crippen LogP) is 2.12. The molecule has 0 aromatic heterocycles. The van der Waals surface area contributed by atoms with Gasteiger partial charge in [-0.25, -0.2) is 0 Å². The normalized spacial score (nSPS) is 28.1. The lowest BCUT2D eigenvalue weighted by Gasteiger charge is -2.26. The molecule has 0 saturated carbocycles. The van der Waals surface area contributed by atoms with E-state index >= 15 is 0 Å². The molecule has 2 atom stereocenters. The van der Waals surface area contributed by atoms with Gasteiger partial charge in [0.05, 0.1) is 0 Å². The van der Waals surface area contributed by atoms with Gasteiger partial charge in [-0.2, -0.15) is 0 Å². The third-order valence-corrected chi connectivity index (χ3v) is 3.75. The minimum absolute atomic E-state index is 0.674. The molecular formula is C13H18N2. The first-order valence-electron chi connectivity index (χ1n) is 5.98. The summed E-state index contributed by atoms with van der Waals surface area (Å²) in [5.74, 6) is 0.695. The molecule has 2 heteroatoms. The first kappa shape index (κ1) is 9.22. The summed E-state index contributed by atoms with van der Waals surface area (Å²) < 4.78 is 0. The van der Waals surface area contributed by atoms with Crippen molar-refractivity contribution in [3.63, 3.8) is 0 Å². The number of rotatable bonds is 1. The van der Waals surface area contributed by atoms with E-state index in [1.165, 1.54) is 23.2 Å². The average molecular weight is 202 g/mol. The molecule has 0 spiro atoms. The van der Waals surface area contributed by atoms with Crippen LogP contribution in [0.5, 0.6) is 0 Å². The van der Waals surface area contributed by atoms with E-state index in [1.807, 2.05) is 0 Å². The van der Waals surface area contributed by atoms with Crippen molar-refractivity contribution in [2.45, 2.75) is 31.7 Å². The predicted molar refractivity (Wildman–Crippen MR) is 63.5 cm³/mol. The zero-order valence-electron chi connectivity index (χ0n) is 9.22. The van der Waals surface area contributed by atoms with E-state index in [4.69, 9.17) is 0 Å². The van der Waals surface area contributed by atoms with Gasteiger partial charge in [-0.15, -0.1) is 0 Å². The van der Waals surface area contributed by atoms with E-state index < -0.39 is 0 Å². The van der Waals surface area contributed by atoms with Crippen LogP contribution in [-0.2, 0) is 6.42 Å². The van der Waals surface area contributed by atoms with Gasteiger partial charge < -0.3 is 10.6 Å². The van der Waals surface area contributed by atoms with Gasteiger partial charge in [0.25, 0.3) is 0 Å². The molecule has 1 aromatic carbocycles. The molecule has 2 N–H and O–H groups in total. The summed E-state index contributed by atoms with van der Waals surface area (Å²) in [5, 5.41) is 7.14. The van der Waals surface area contributed by atoms with Crippen molar-refractivity contribution in [1.29, 1.82) is 0 Å². The molecule has 0 bridgehead atoms. The highest BCUT2D eigenvalue weighted by atomic mass is 15.0. The Hall–Kier alpha value is -1.02. The largest absolute Gasteiger partial charge is 0.381 e. The molecule has 1 fully saturated rings. The van der Waals surface area contributed by atoms with Crippen molar-refractivity contribution in [3.8, 4) is 0 Å². The van der Waals surface area contributed by atoms with Crippen LogP contribution >= 0.6 is 0 Å². The molecular weight excluding hydrogens is 184 g/mol. The van der Waals surface area contributed by atoms with Crippen LogP contribution in [0.25, 0.3) is 0 Å². The maximum atomic E-state index is 3.65. The summed E-state index contributed by atoms with van der Waals surface area (Å²) in [5.41, 5.74) is 4.36. The van der Waals surface area contributed by atoms with Crippen LogP contribution in [0.2, 0.25) is 0 Å². The number of aryl methyl sites for hydroxylation is 1. The van der Waals surface area contributed by atoms with Crippen LogP contribution in [0.3, 0.4) is 0 Å². The molecule has 2 aliphatic heterocycles. The first-order chi connectivity index (χ1) is 7.38. The van der Waals surface area contributed by atoms with E-state index in [2.05, 4.69) is 35.8 Å². The van der Waals surface area contributed by atoms with Crippen molar-refractivity contribution in [1.82, 2.24) is 5.32 Å². The van der Waals surface area contributed by atoms with E-state index in [1.54, 1.807) is 0 Å². The van der Waals surface area contributed by atoms with Crippen LogP contribution in [-0.4, -0.2) is 19.1 Å². The Labute approximate surface area is 91.1 Å². The second kappa shape index (κ2) is 3.53. The van der Waals surface area contributed by atoms with Crippen LogP contribution < -0.4 is 10.6 Å². The Morgan fingerprint density at radius 1 is 1.40 bits per heavy atom. The number of hydrogen-bond acceptors (Lipinski definition) is 2. The van der Waals surface area contributed by atoms with Gasteiger partial charge >= 0.3 is 0 Å². The number of piperidine rings is 1. The van der Waals surface area contributed by atoms with Gasteiger partial charge in [0.1, 0.15) is 0 Å². The minimum Gasteiger partial charge on any atom is -0.381 e. The summed E-state index contributed by atoms with van der Waals surface area (Å²) in [6, 6.07) is 7.57. The monoisotopic (exact) mass is 202 g/mol. The van der Waals surface area contributed by atoms with Gasteiger partial charge in [0.2, 0.25) is 0 Å². The fourth-order valence-electron chi connectivity index (χ4n) is 2.83. The molecule has 2 aliphatic rings. The SMILES string of the molecule is CCc1ccc2c(c1)C1CNCCC1N2. The van der Waals surface area contributed by atoms with Gasteiger partial charge in [-0.3, -0.25) is 0 Å². The van der Waals surface area contributed by atoms with Crippen LogP contribution in [0, 0.1) is 0 Å². The fourth-order valence-corrected chi connectivity index (χ4v) is 2.83. The topological polar surface area (TPSA) is 24.1 Å². The Morgan fingerprint density at radius 3 is 3.20 bits per heavy atom. The van der Waals surface area contributed by atoms with Gasteiger partial charge in [0, 0.05) is 24.2 Å². The van der Waals surface area contributed by atoms with E-state index in [9.17, 15) is 0 Å². The fraction of sp³-hybridized carbons (Fsp3) is 0.538. The van der Waals surface area contributed by atoms with Crippen molar-refractivity contribution < 1.29 is 0 Å². The molecule has 2 nitrogen and oxygen atoms in total. The second-order valence-corrected chi connectivity index (χ2v) is 4.63. The van der Waals surface area contributed by atoms with E-state index in [-0.39, 0.29) is 0 Å². The van der Waals surface area contributed by atoms with E-state index in [0.717, 1.165) is 19.5 Å².